The summed E-state index contributed by atoms with van der Waals surface area (Å²) in [5.41, 5.74) is 2.95. The van der Waals surface area contributed by atoms with E-state index in [0.717, 1.165) is 55.7 Å². The molecule has 0 unspecified atom stereocenters. The Morgan fingerprint density at radius 2 is 1.80 bits per heavy atom. The number of unbranched alkanes of at least 4 members (excludes halogenated alkanes) is 3. The highest BCUT2D eigenvalue weighted by atomic mass is 16.2. The molecule has 20 heavy (non-hydrogen) atoms. The first-order valence-corrected chi connectivity index (χ1v) is 7.18. The number of nitrogens with one attached hydrogen (secondary N) is 2. The molecule has 0 radical (unpaired) electrons. The molecule has 5 heteroatoms. The standard InChI is InChI=1S/C15H22N4O/c20-11-7-2-1-6-10-16-12-14-15(18-19-17-14)13-8-4-3-5-9-13/h3-5,8-9,16,20H,1-2,6-7,10-12H2,(H,17,18,19). The Morgan fingerprint density at radius 1 is 1.00 bits per heavy atom. The second-order valence-corrected chi connectivity index (χ2v) is 4.80. The lowest BCUT2D eigenvalue weighted by Gasteiger charge is -2.04. The van der Waals surface area contributed by atoms with Gasteiger partial charge in [-0.3, -0.25) is 0 Å². The van der Waals surface area contributed by atoms with Crippen LogP contribution in [0.15, 0.2) is 30.3 Å². The van der Waals surface area contributed by atoms with Gasteiger partial charge >= 0.3 is 0 Å². The SMILES string of the molecule is OCCCCCCNCc1n[nH]nc1-c1ccccc1. The number of aliphatic hydroxyl groups is 1. The molecule has 2 rings (SSSR count). The second-order valence-electron chi connectivity index (χ2n) is 4.80. The van der Waals surface area contributed by atoms with Gasteiger partial charge < -0.3 is 10.4 Å². The third-order valence-corrected chi connectivity index (χ3v) is 3.22. The summed E-state index contributed by atoms with van der Waals surface area (Å²) in [5.74, 6) is 0. The molecule has 0 saturated carbocycles. The minimum atomic E-state index is 0.298. The molecule has 0 aliphatic carbocycles. The lowest BCUT2D eigenvalue weighted by Crippen LogP contribution is -2.15. The van der Waals surface area contributed by atoms with Gasteiger partial charge in [-0.1, -0.05) is 43.2 Å². The van der Waals surface area contributed by atoms with Crippen molar-refractivity contribution in [1.82, 2.24) is 20.7 Å². The van der Waals surface area contributed by atoms with E-state index < -0.39 is 0 Å². The molecule has 0 spiro atoms. The molecule has 0 saturated heterocycles. The smallest absolute Gasteiger partial charge is 0.117 e. The van der Waals surface area contributed by atoms with Gasteiger partial charge in [0, 0.05) is 18.7 Å². The van der Waals surface area contributed by atoms with Gasteiger partial charge in [0.15, 0.2) is 0 Å². The Labute approximate surface area is 119 Å². The Balaban J connectivity index is 1.76. The average Bonchev–Trinajstić information content (AvgIpc) is 2.96. The molecule has 1 heterocycles. The molecule has 1 aromatic carbocycles. The lowest BCUT2D eigenvalue weighted by atomic mass is 10.1. The van der Waals surface area contributed by atoms with Gasteiger partial charge in [0.2, 0.25) is 0 Å². The van der Waals surface area contributed by atoms with Crippen molar-refractivity contribution in [2.75, 3.05) is 13.2 Å². The van der Waals surface area contributed by atoms with Crippen molar-refractivity contribution in [3.63, 3.8) is 0 Å². The predicted octanol–water partition coefficient (Wildman–Crippen LogP) is 2.11. The number of aromatic nitrogens is 3. The van der Waals surface area contributed by atoms with Gasteiger partial charge in [0.05, 0.1) is 0 Å². The van der Waals surface area contributed by atoms with Crippen molar-refractivity contribution in [2.45, 2.75) is 32.2 Å². The molecular formula is C15H22N4O. The number of aliphatic hydroxyl groups excluding tert-OH is 1. The third-order valence-electron chi connectivity index (χ3n) is 3.22. The van der Waals surface area contributed by atoms with Crippen molar-refractivity contribution in [2.24, 2.45) is 0 Å². The molecule has 3 N–H and O–H groups in total. The first-order valence-electron chi connectivity index (χ1n) is 7.18. The molecule has 0 fully saturated rings. The number of benzene rings is 1. The van der Waals surface area contributed by atoms with E-state index in [1.165, 1.54) is 0 Å². The van der Waals surface area contributed by atoms with E-state index in [9.17, 15) is 0 Å². The molecule has 5 nitrogen and oxygen atoms in total. The number of H-pyrrole nitrogens is 1. The number of rotatable bonds is 9. The Morgan fingerprint density at radius 3 is 2.60 bits per heavy atom. The maximum absolute atomic E-state index is 8.70. The number of hydrogen-bond donors (Lipinski definition) is 3. The van der Waals surface area contributed by atoms with E-state index in [4.69, 9.17) is 5.11 Å². The Kier molecular flexibility index (Phi) is 6.20. The summed E-state index contributed by atoms with van der Waals surface area (Å²) in [4.78, 5) is 0. The van der Waals surface area contributed by atoms with Gasteiger partial charge in [-0.2, -0.15) is 15.4 Å². The predicted molar refractivity (Wildman–Crippen MR) is 79.1 cm³/mol. The molecule has 0 aliphatic heterocycles. The fourth-order valence-corrected chi connectivity index (χ4v) is 2.13. The molecule has 0 bridgehead atoms. The van der Waals surface area contributed by atoms with Crippen LogP contribution in [0, 0.1) is 0 Å². The highest BCUT2D eigenvalue weighted by molar-refractivity contribution is 5.60. The third kappa shape index (κ3) is 4.43. The zero-order chi connectivity index (χ0) is 14.0. The van der Waals surface area contributed by atoms with Crippen molar-refractivity contribution in [1.29, 1.82) is 0 Å². The van der Waals surface area contributed by atoms with E-state index >= 15 is 0 Å². The van der Waals surface area contributed by atoms with Crippen molar-refractivity contribution in [3.05, 3.63) is 36.0 Å². The number of nitrogens with zero attached hydrogens (tertiary/aromatic N) is 2. The largest absolute Gasteiger partial charge is 0.396 e. The minimum absolute atomic E-state index is 0.298. The van der Waals surface area contributed by atoms with Crippen LogP contribution in [0.2, 0.25) is 0 Å². The van der Waals surface area contributed by atoms with Crippen LogP contribution in [-0.4, -0.2) is 33.7 Å². The molecular weight excluding hydrogens is 252 g/mol. The van der Waals surface area contributed by atoms with Crippen LogP contribution in [-0.2, 0) is 6.54 Å². The van der Waals surface area contributed by atoms with Crippen molar-refractivity contribution >= 4 is 0 Å². The minimum Gasteiger partial charge on any atom is -0.396 e. The van der Waals surface area contributed by atoms with E-state index in [1.54, 1.807) is 0 Å². The normalized spacial score (nSPS) is 10.8. The Hall–Kier alpha value is -1.72. The van der Waals surface area contributed by atoms with Gasteiger partial charge in [0.25, 0.3) is 0 Å². The Bertz CT molecular complexity index is 484. The molecule has 0 amide bonds. The average molecular weight is 274 g/mol. The summed E-state index contributed by atoms with van der Waals surface area (Å²) >= 11 is 0. The fraction of sp³-hybridized carbons (Fsp3) is 0.467. The summed E-state index contributed by atoms with van der Waals surface area (Å²) < 4.78 is 0. The quantitative estimate of drug-likeness (QED) is 0.612. The zero-order valence-corrected chi connectivity index (χ0v) is 11.7. The first kappa shape index (κ1) is 14.7. The van der Waals surface area contributed by atoms with Crippen molar-refractivity contribution in [3.8, 4) is 11.3 Å². The lowest BCUT2D eigenvalue weighted by molar-refractivity contribution is 0.282. The summed E-state index contributed by atoms with van der Waals surface area (Å²) in [7, 11) is 0. The van der Waals surface area contributed by atoms with Gasteiger partial charge in [-0.25, -0.2) is 0 Å². The monoisotopic (exact) mass is 274 g/mol. The zero-order valence-electron chi connectivity index (χ0n) is 11.7. The first-order chi connectivity index (χ1) is 9.92. The van der Waals surface area contributed by atoms with Crippen LogP contribution < -0.4 is 5.32 Å². The maximum atomic E-state index is 8.70. The summed E-state index contributed by atoms with van der Waals surface area (Å²) in [6, 6.07) is 10.1. The number of hydrogen-bond acceptors (Lipinski definition) is 4. The molecule has 0 aliphatic rings. The van der Waals surface area contributed by atoms with E-state index in [2.05, 4.69) is 20.7 Å². The second kappa shape index (κ2) is 8.45. The summed E-state index contributed by atoms with van der Waals surface area (Å²) in [6.45, 7) is 1.99. The summed E-state index contributed by atoms with van der Waals surface area (Å²) in [6.07, 6.45) is 4.27. The van der Waals surface area contributed by atoms with Crippen LogP contribution in [0.3, 0.4) is 0 Å². The van der Waals surface area contributed by atoms with Crippen LogP contribution in [0.4, 0.5) is 0 Å². The molecule has 108 valence electrons. The summed E-state index contributed by atoms with van der Waals surface area (Å²) in [5, 5.41) is 23.2. The molecule has 1 aromatic heterocycles. The highest BCUT2D eigenvalue weighted by Gasteiger charge is 2.08. The van der Waals surface area contributed by atoms with Crippen LogP contribution >= 0.6 is 0 Å². The fourth-order valence-electron chi connectivity index (χ4n) is 2.13. The molecule has 2 aromatic rings. The maximum Gasteiger partial charge on any atom is 0.117 e. The van der Waals surface area contributed by atoms with E-state index in [-0.39, 0.29) is 0 Å². The van der Waals surface area contributed by atoms with Crippen molar-refractivity contribution < 1.29 is 5.11 Å². The molecule has 0 atom stereocenters. The van der Waals surface area contributed by atoms with E-state index in [1.807, 2.05) is 30.3 Å². The van der Waals surface area contributed by atoms with E-state index in [0.29, 0.717) is 6.61 Å². The highest BCUT2D eigenvalue weighted by Crippen LogP contribution is 2.18. The number of aromatic amines is 1. The van der Waals surface area contributed by atoms with Gasteiger partial charge in [0.1, 0.15) is 11.4 Å². The topological polar surface area (TPSA) is 73.8 Å². The van der Waals surface area contributed by atoms with Crippen LogP contribution in [0.25, 0.3) is 11.3 Å². The van der Waals surface area contributed by atoms with Crippen LogP contribution in [0.5, 0.6) is 0 Å². The van der Waals surface area contributed by atoms with Gasteiger partial charge in [-0.15, -0.1) is 0 Å². The van der Waals surface area contributed by atoms with Gasteiger partial charge in [-0.05, 0) is 19.4 Å². The van der Waals surface area contributed by atoms with Crippen LogP contribution in [0.1, 0.15) is 31.4 Å².